The third-order valence-corrected chi connectivity index (χ3v) is 3.40. The molecule has 0 aliphatic rings. The number of nitrogen functional groups attached to an aromatic ring is 1. The summed E-state index contributed by atoms with van der Waals surface area (Å²) in [7, 11) is 0. The number of carbonyl (C=O) groups excluding carboxylic acids is 1. The largest absolute Gasteiger partial charge is 0.395 e. The van der Waals surface area contributed by atoms with Crippen molar-refractivity contribution in [3.05, 3.63) is 52.8 Å². The molecule has 0 unspecified atom stereocenters. The smallest absolute Gasteiger partial charge is 0.218 e. The monoisotopic (exact) mass is 317 g/mol. The molecule has 0 radical (unpaired) electrons. The Hall–Kier alpha value is -2.28. The van der Waals surface area contributed by atoms with Crippen molar-refractivity contribution in [3.8, 4) is 0 Å². The molecule has 0 spiro atoms. The van der Waals surface area contributed by atoms with Crippen molar-refractivity contribution in [2.24, 2.45) is 0 Å². The third-order valence-electron chi connectivity index (χ3n) is 2.70. The van der Waals surface area contributed by atoms with Crippen molar-refractivity contribution in [2.45, 2.75) is 0 Å². The molecule has 0 bridgehead atoms. The van der Waals surface area contributed by atoms with E-state index in [2.05, 4.69) is 31.0 Å². The fraction of sp³-hybridized carbons (Fsp3) is 0. The van der Waals surface area contributed by atoms with Crippen LogP contribution in [0.1, 0.15) is 16.1 Å². The van der Waals surface area contributed by atoms with E-state index in [4.69, 9.17) is 5.73 Å². The number of hydrogen-bond donors (Lipinski definition) is 1. The van der Waals surface area contributed by atoms with Gasteiger partial charge in [0, 0.05) is 29.3 Å². The van der Waals surface area contributed by atoms with Gasteiger partial charge in [-0.2, -0.15) is 5.10 Å². The third kappa shape index (κ3) is 1.88. The summed E-state index contributed by atoms with van der Waals surface area (Å²) in [6.45, 7) is 0. The molecule has 0 saturated carbocycles. The van der Waals surface area contributed by atoms with Crippen molar-refractivity contribution in [2.75, 3.05) is 5.73 Å². The van der Waals surface area contributed by atoms with Gasteiger partial charge in [0.15, 0.2) is 5.69 Å². The highest BCUT2D eigenvalue weighted by Crippen LogP contribution is 2.23. The normalized spacial score (nSPS) is 10.8. The topological polar surface area (TPSA) is 86.2 Å². The summed E-state index contributed by atoms with van der Waals surface area (Å²) in [6, 6.07) is 1.70. The Bertz CT molecular complexity index is 783. The number of rotatable bonds is 2. The Labute approximate surface area is 116 Å². The minimum Gasteiger partial charge on any atom is -0.395 e. The summed E-state index contributed by atoms with van der Waals surface area (Å²) in [4.78, 5) is 20.3. The predicted molar refractivity (Wildman–Crippen MR) is 72.8 cm³/mol. The average Bonchev–Trinajstić information content (AvgIpc) is 2.77. The Morgan fingerprint density at radius 3 is 2.79 bits per heavy atom. The number of carbonyl (C=O) groups is 1. The maximum absolute atomic E-state index is 12.4. The van der Waals surface area contributed by atoms with Gasteiger partial charge in [-0.15, -0.1) is 0 Å². The molecule has 3 rings (SSSR count). The number of aromatic nitrogens is 4. The maximum Gasteiger partial charge on any atom is 0.218 e. The van der Waals surface area contributed by atoms with Gasteiger partial charge in [0.2, 0.25) is 5.78 Å². The molecular formula is C12H8BrN5O. The Balaban J connectivity index is 2.17. The molecule has 0 aromatic carbocycles. The zero-order valence-electron chi connectivity index (χ0n) is 9.62. The lowest BCUT2D eigenvalue weighted by Gasteiger charge is -2.00. The van der Waals surface area contributed by atoms with Crippen LogP contribution in [0.25, 0.3) is 5.52 Å². The van der Waals surface area contributed by atoms with Crippen molar-refractivity contribution < 1.29 is 4.79 Å². The van der Waals surface area contributed by atoms with E-state index in [9.17, 15) is 4.79 Å². The fourth-order valence-corrected chi connectivity index (χ4v) is 2.16. The van der Waals surface area contributed by atoms with Crippen LogP contribution in [0.5, 0.6) is 0 Å². The molecule has 0 amide bonds. The van der Waals surface area contributed by atoms with E-state index in [0.29, 0.717) is 21.2 Å². The van der Waals surface area contributed by atoms with E-state index in [1.54, 1.807) is 30.9 Å². The van der Waals surface area contributed by atoms with Gasteiger partial charge in [-0.25, -0.2) is 4.52 Å². The predicted octanol–water partition coefficient (Wildman–Crippen LogP) is 1.70. The Kier molecular flexibility index (Phi) is 2.75. The van der Waals surface area contributed by atoms with Crippen LogP contribution in [0.2, 0.25) is 0 Å². The lowest BCUT2D eigenvalue weighted by Crippen LogP contribution is -2.06. The van der Waals surface area contributed by atoms with Gasteiger partial charge < -0.3 is 5.73 Å². The quantitative estimate of drug-likeness (QED) is 0.727. The number of nitrogens with two attached hydrogens (primary N) is 1. The number of halogens is 1. The van der Waals surface area contributed by atoms with Gasteiger partial charge in [-0.3, -0.25) is 14.8 Å². The van der Waals surface area contributed by atoms with Crippen LogP contribution in [0.15, 0.2) is 41.5 Å². The standard InChI is InChI=1S/C12H8BrN5O/c13-8-1-2-15-5-7(8)12(19)11-10(14)9-6-16-3-4-18(9)17-11/h1-6H,14H2. The first-order chi connectivity index (χ1) is 9.18. The molecule has 19 heavy (non-hydrogen) atoms. The van der Waals surface area contributed by atoms with Crippen molar-refractivity contribution >= 4 is 32.9 Å². The van der Waals surface area contributed by atoms with Crippen LogP contribution >= 0.6 is 15.9 Å². The summed E-state index contributed by atoms with van der Waals surface area (Å²) < 4.78 is 2.18. The maximum atomic E-state index is 12.4. The van der Waals surface area contributed by atoms with Gasteiger partial charge in [0.05, 0.1) is 17.4 Å². The van der Waals surface area contributed by atoms with E-state index in [1.165, 1.54) is 10.7 Å². The zero-order chi connectivity index (χ0) is 13.4. The van der Waals surface area contributed by atoms with Crippen LogP contribution in [0.4, 0.5) is 5.69 Å². The first kappa shape index (κ1) is 11.8. The second-order valence-corrected chi connectivity index (χ2v) is 4.71. The van der Waals surface area contributed by atoms with E-state index in [-0.39, 0.29) is 11.5 Å². The van der Waals surface area contributed by atoms with E-state index in [0.717, 1.165) is 0 Å². The lowest BCUT2D eigenvalue weighted by atomic mass is 10.1. The first-order valence-corrected chi connectivity index (χ1v) is 6.20. The summed E-state index contributed by atoms with van der Waals surface area (Å²) in [6.07, 6.45) is 7.86. The highest BCUT2D eigenvalue weighted by Gasteiger charge is 2.20. The molecule has 94 valence electrons. The van der Waals surface area contributed by atoms with Gasteiger partial charge in [-0.1, -0.05) is 0 Å². The van der Waals surface area contributed by atoms with E-state index in [1.807, 2.05) is 0 Å². The minimum absolute atomic E-state index is 0.196. The molecule has 0 fully saturated rings. The summed E-state index contributed by atoms with van der Waals surface area (Å²) >= 11 is 3.31. The minimum atomic E-state index is -0.277. The molecule has 3 aromatic rings. The molecule has 3 aromatic heterocycles. The molecule has 0 atom stereocenters. The number of hydrogen-bond acceptors (Lipinski definition) is 5. The molecule has 6 nitrogen and oxygen atoms in total. The molecular weight excluding hydrogens is 310 g/mol. The number of ketones is 1. The molecule has 0 aliphatic carbocycles. The van der Waals surface area contributed by atoms with Gasteiger partial charge >= 0.3 is 0 Å². The Morgan fingerprint density at radius 1 is 1.26 bits per heavy atom. The SMILES string of the molecule is Nc1c(C(=O)c2cnccc2Br)nn2ccncc12. The number of pyridine rings is 1. The van der Waals surface area contributed by atoms with Crippen LogP contribution in [0, 0.1) is 0 Å². The first-order valence-electron chi connectivity index (χ1n) is 5.40. The van der Waals surface area contributed by atoms with Crippen LogP contribution in [0.3, 0.4) is 0 Å². The van der Waals surface area contributed by atoms with E-state index < -0.39 is 0 Å². The summed E-state index contributed by atoms with van der Waals surface area (Å²) in [5, 5.41) is 4.18. The fourth-order valence-electron chi connectivity index (χ4n) is 1.76. The molecule has 3 heterocycles. The van der Waals surface area contributed by atoms with Crippen molar-refractivity contribution in [1.82, 2.24) is 19.6 Å². The van der Waals surface area contributed by atoms with Crippen LogP contribution in [-0.4, -0.2) is 25.4 Å². The zero-order valence-corrected chi connectivity index (χ0v) is 11.2. The Morgan fingerprint density at radius 2 is 2.05 bits per heavy atom. The lowest BCUT2D eigenvalue weighted by molar-refractivity contribution is 0.103. The number of nitrogens with zero attached hydrogens (tertiary/aromatic N) is 4. The average molecular weight is 318 g/mol. The van der Waals surface area contributed by atoms with Gasteiger partial charge in [0.1, 0.15) is 5.52 Å². The van der Waals surface area contributed by atoms with Gasteiger partial charge in [-0.05, 0) is 22.0 Å². The summed E-state index contributed by atoms with van der Waals surface area (Å²) in [5.74, 6) is -0.277. The second-order valence-electron chi connectivity index (χ2n) is 3.85. The van der Waals surface area contributed by atoms with Crippen molar-refractivity contribution in [3.63, 3.8) is 0 Å². The molecule has 2 N–H and O–H groups in total. The van der Waals surface area contributed by atoms with Crippen LogP contribution < -0.4 is 5.73 Å². The number of fused-ring (bicyclic) bond motifs is 1. The molecule has 0 saturated heterocycles. The van der Waals surface area contributed by atoms with Crippen molar-refractivity contribution in [1.29, 1.82) is 0 Å². The van der Waals surface area contributed by atoms with Crippen LogP contribution in [-0.2, 0) is 0 Å². The highest BCUT2D eigenvalue weighted by atomic mass is 79.9. The highest BCUT2D eigenvalue weighted by molar-refractivity contribution is 9.10. The molecule has 0 aliphatic heterocycles. The van der Waals surface area contributed by atoms with Gasteiger partial charge in [0.25, 0.3) is 0 Å². The number of anilines is 1. The molecule has 7 heteroatoms. The second kappa shape index (κ2) is 4.43. The van der Waals surface area contributed by atoms with E-state index >= 15 is 0 Å². The summed E-state index contributed by atoms with van der Waals surface area (Å²) in [5.41, 5.74) is 7.48.